The number of rotatable bonds is 3. The fourth-order valence-corrected chi connectivity index (χ4v) is 1.99. The Morgan fingerprint density at radius 3 is 2.94 bits per heavy atom. The molecule has 1 aliphatic rings. The zero-order valence-electron chi connectivity index (χ0n) is 10.1. The van der Waals surface area contributed by atoms with Gasteiger partial charge in [-0.05, 0) is 31.9 Å². The summed E-state index contributed by atoms with van der Waals surface area (Å²) in [6.45, 7) is 2.65. The number of carbonyl (C=O) groups excluding carboxylic acids is 1. The highest BCUT2D eigenvalue weighted by atomic mass is 16.6. The Hall–Kier alpha value is -1.95. The molecule has 0 bridgehead atoms. The van der Waals surface area contributed by atoms with E-state index >= 15 is 0 Å². The lowest BCUT2D eigenvalue weighted by Gasteiger charge is -2.12. The number of nitro benzene ring substituents is 1. The standard InChI is InChI=1S/C12H15N3O3/c1-8-4-5-9(15(17)18)7-11(8)14-12(16)10-3-2-6-13-10/h4-5,7,10,13H,2-3,6H2,1H3,(H,14,16)/t10-/m1/s1. The molecule has 6 nitrogen and oxygen atoms in total. The first kappa shape index (κ1) is 12.5. The van der Waals surface area contributed by atoms with E-state index in [0.29, 0.717) is 5.69 Å². The lowest BCUT2D eigenvalue weighted by Crippen LogP contribution is -2.35. The smallest absolute Gasteiger partial charge is 0.271 e. The van der Waals surface area contributed by atoms with Gasteiger partial charge >= 0.3 is 0 Å². The Morgan fingerprint density at radius 1 is 1.56 bits per heavy atom. The summed E-state index contributed by atoms with van der Waals surface area (Å²) in [6, 6.07) is 4.26. The summed E-state index contributed by atoms with van der Waals surface area (Å²) in [6.07, 6.45) is 1.78. The number of amides is 1. The number of hydrogen-bond acceptors (Lipinski definition) is 4. The highest BCUT2D eigenvalue weighted by molar-refractivity contribution is 5.95. The van der Waals surface area contributed by atoms with Gasteiger partial charge in [0.2, 0.25) is 5.91 Å². The number of nitrogens with one attached hydrogen (secondary N) is 2. The molecule has 1 aliphatic heterocycles. The molecule has 18 heavy (non-hydrogen) atoms. The van der Waals surface area contributed by atoms with Crippen molar-refractivity contribution in [3.8, 4) is 0 Å². The summed E-state index contributed by atoms with van der Waals surface area (Å²) in [5.41, 5.74) is 1.30. The van der Waals surface area contributed by atoms with Gasteiger partial charge in [0.15, 0.2) is 0 Å². The van der Waals surface area contributed by atoms with Gasteiger partial charge in [0.05, 0.1) is 16.7 Å². The van der Waals surface area contributed by atoms with Crippen molar-refractivity contribution in [2.75, 3.05) is 11.9 Å². The van der Waals surface area contributed by atoms with Crippen molar-refractivity contribution in [1.82, 2.24) is 5.32 Å². The second-order valence-electron chi connectivity index (χ2n) is 4.39. The third-order valence-electron chi connectivity index (χ3n) is 3.07. The van der Waals surface area contributed by atoms with Crippen LogP contribution in [0, 0.1) is 17.0 Å². The molecule has 0 spiro atoms. The molecule has 96 valence electrons. The predicted octanol–water partition coefficient (Wildman–Crippen LogP) is 1.59. The van der Waals surface area contributed by atoms with Crippen LogP contribution in [-0.4, -0.2) is 23.4 Å². The molecule has 0 unspecified atom stereocenters. The van der Waals surface area contributed by atoms with E-state index in [0.717, 1.165) is 24.9 Å². The topological polar surface area (TPSA) is 84.3 Å². The normalized spacial score (nSPS) is 18.6. The quantitative estimate of drug-likeness (QED) is 0.629. The Labute approximate surface area is 105 Å². The van der Waals surface area contributed by atoms with Gasteiger partial charge in [-0.15, -0.1) is 0 Å². The van der Waals surface area contributed by atoms with Crippen LogP contribution < -0.4 is 10.6 Å². The van der Waals surface area contributed by atoms with Crippen LogP contribution in [0.4, 0.5) is 11.4 Å². The average Bonchev–Trinajstić information content (AvgIpc) is 2.85. The Balaban J connectivity index is 2.14. The van der Waals surface area contributed by atoms with E-state index in [-0.39, 0.29) is 17.6 Å². The summed E-state index contributed by atoms with van der Waals surface area (Å²) in [5, 5.41) is 16.5. The number of anilines is 1. The minimum Gasteiger partial charge on any atom is -0.324 e. The van der Waals surface area contributed by atoms with E-state index in [1.165, 1.54) is 12.1 Å². The first-order valence-corrected chi connectivity index (χ1v) is 5.87. The molecule has 1 saturated heterocycles. The molecule has 0 saturated carbocycles. The molecular weight excluding hydrogens is 234 g/mol. The molecule has 1 aromatic rings. The largest absolute Gasteiger partial charge is 0.324 e. The van der Waals surface area contributed by atoms with Gasteiger partial charge in [-0.2, -0.15) is 0 Å². The SMILES string of the molecule is Cc1ccc([N+](=O)[O-])cc1NC(=O)[C@H]1CCCN1. The summed E-state index contributed by atoms with van der Waals surface area (Å²) >= 11 is 0. The number of non-ortho nitro benzene ring substituents is 1. The fraction of sp³-hybridized carbons (Fsp3) is 0.417. The molecule has 1 aromatic carbocycles. The highest BCUT2D eigenvalue weighted by Crippen LogP contribution is 2.22. The number of benzene rings is 1. The van der Waals surface area contributed by atoms with Crippen molar-refractivity contribution < 1.29 is 9.72 Å². The van der Waals surface area contributed by atoms with Gasteiger partial charge in [-0.3, -0.25) is 14.9 Å². The number of carbonyl (C=O) groups is 1. The van der Waals surface area contributed by atoms with Gasteiger partial charge in [-0.25, -0.2) is 0 Å². The van der Waals surface area contributed by atoms with Gasteiger partial charge in [0.1, 0.15) is 0 Å². The zero-order chi connectivity index (χ0) is 13.1. The molecule has 0 radical (unpaired) electrons. The second-order valence-corrected chi connectivity index (χ2v) is 4.39. The molecular formula is C12H15N3O3. The van der Waals surface area contributed by atoms with Crippen LogP contribution in [0.25, 0.3) is 0 Å². The number of nitrogens with zero attached hydrogens (tertiary/aromatic N) is 1. The van der Waals surface area contributed by atoms with Gasteiger partial charge in [0, 0.05) is 12.1 Å². The van der Waals surface area contributed by atoms with Crippen LogP contribution in [0.3, 0.4) is 0 Å². The molecule has 1 fully saturated rings. The molecule has 2 N–H and O–H groups in total. The first-order chi connectivity index (χ1) is 8.58. The van der Waals surface area contributed by atoms with E-state index in [4.69, 9.17) is 0 Å². The van der Waals surface area contributed by atoms with E-state index in [9.17, 15) is 14.9 Å². The van der Waals surface area contributed by atoms with Crippen molar-refractivity contribution in [3.05, 3.63) is 33.9 Å². The van der Waals surface area contributed by atoms with Crippen molar-refractivity contribution in [2.45, 2.75) is 25.8 Å². The van der Waals surface area contributed by atoms with Crippen LogP contribution in [0.2, 0.25) is 0 Å². The number of aryl methyl sites for hydroxylation is 1. The third-order valence-corrected chi connectivity index (χ3v) is 3.07. The molecule has 6 heteroatoms. The van der Waals surface area contributed by atoms with E-state index in [2.05, 4.69) is 10.6 Å². The lowest BCUT2D eigenvalue weighted by molar-refractivity contribution is -0.384. The summed E-state index contributed by atoms with van der Waals surface area (Å²) in [4.78, 5) is 22.1. The molecule has 0 aromatic heterocycles. The minimum absolute atomic E-state index is 0.0183. The van der Waals surface area contributed by atoms with Crippen LogP contribution in [-0.2, 0) is 4.79 Å². The van der Waals surface area contributed by atoms with Gasteiger partial charge in [0.25, 0.3) is 5.69 Å². The fourth-order valence-electron chi connectivity index (χ4n) is 1.99. The Bertz CT molecular complexity index is 481. The van der Waals surface area contributed by atoms with E-state index in [1.54, 1.807) is 13.0 Å². The van der Waals surface area contributed by atoms with Gasteiger partial charge < -0.3 is 10.6 Å². The summed E-state index contributed by atoms with van der Waals surface area (Å²) < 4.78 is 0. The Morgan fingerprint density at radius 2 is 2.33 bits per heavy atom. The summed E-state index contributed by atoms with van der Waals surface area (Å²) in [5.74, 6) is -0.129. The molecule has 2 rings (SSSR count). The van der Waals surface area contributed by atoms with Crippen molar-refractivity contribution in [1.29, 1.82) is 0 Å². The monoisotopic (exact) mass is 249 g/mol. The van der Waals surface area contributed by atoms with Crippen molar-refractivity contribution in [3.63, 3.8) is 0 Å². The number of nitro groups is 1. The van der Waals surface area contributed by atoms with Crippen LogP contribution >= 0.6 is 0 Å². The maximum atomic E-state index is 11.9. The van der Waals surface area contributed by atoms with Crippen LogP contribution in [0.5, 0.6) is 0 Å². The van der Waals surface area contributed by atoms with Gasteiger partial charge in [-0.1, -0.05) is 6.07 Å². The van der Waals surface area contributed by atoms with Crippen molar-refractivity contribution >= 4 is 17.3 Å². The second kappa shape index (κ2) is 5.14. The maximum absolute atomic E-state index is 11.9. The maximum Gasteiger partial charge on any atom is 0.271 e. The van der Waals surface area contributed by atoms with Crippen molar-refractivity contribution in [2.24, 2.45) is 0 Å². The Kier molecular flexibility index (Phi) is 3.57. The average molecular weight is 249 g/mol. The van der Waals surface area contributed by atoms with E-state index < -0.39 is 4.92 Å². The third kappa shape index (κ3) is 2.65. The predicted molar refractivity (Wildman–Crippen MR) is 67.5 cm³/mol. The summed E-state index contributed by atoms with van der Waals surface area (Å²) in [7, 11) is 0. The molecule has 1 heterocycles. The van der Waals surface area contributed by atoms with Crippen LogP contribution in [0.1, 0.15) is 18.4 Å². The molecule has 1 amide bonds. The molecule has 1 atom stereocenters. The highest BCUT2D eigenvalue weighted by Gasteiger charge is 2.22. The van der Waals surface area contributed by atoms with Crippen LogP contribution in [0.15, 0.2) is 18.2 Å². The zero-order valence-corrected chi connectivity index (χ0v) is 10.1. The number of hydrogen-bond donors (Lipinski definition) is 2. The minimum atomic E-state index is -0.469. The lowest BCUT2D eigenvalue weighted by atomic mass is 10.1. The van der Waals surface area contributed by atoms with E-state index in [1.807, 2.05) is 0 Å². The molecule has 0 aliphatic carbocycles. The first-order valence-electron chi connectivity index (χ1n) is 5.87.